The summed E-state index contributed by atoms with van der Waals surface area (Å²) in [6.45, 7) is -2.13. The van der Waals surface area contributed by atoms with Crippen LogP contribution in [0.25, 0.3) is 0 Å². The molecule has 15 atom stereocenters. The first kappa shape index (κ1) is 27.9. The zero-order valence-corrected chi connectivity index (χ0v) is 18.0. The predicted molar refractivity (Wildman–Crippen MR) is 105 cm³/mol. The van der Waals surface area contributed by atoms with Crippen molar-refractivity contribution in [3.8, 4) is 0 Å². The molecule has 13 N–H and O–H groups in total. The number of rotatable bonds is 7. The average molecular weight is 502 g/mol. The summed E-state index contributed by atoms with van der Waals surface area (Å²) in [7, 11) is 0. The highest BCUT2D eigenvalue weighted by molar-refractivity contribution is 4.98. The monoisotopic (exact) mass is 502 g/mol. The maximum Gasteiger partial charge on any atom is 0.187 e. The van der Waals surface area contributed by atoms with Crippen LogP contribution in [-0.2, 0) is 23.7 Å². The summed E-state index contributed by atoms with van der Waals surface area (Å²) in [6.07, 6.45) is -19.8. The molecule has 0 aromatic rings. The second-order valence-corrected chi connectivity index (χ2v) is 8.51. The molecule has 3 heterocycles. The molecule has 200 valence electrons. The standard InChI is InChI=1S/C18H34N2O14/c19-7-11(26)9(24)4(1-21)31-17(7)33-14-6(3-23)30-16(29)8(20)15(14)34-18-13(28)12(27)10(25)5(2-22)32-18/h4-18,21-29H,1-3,19-20H2/t4-,5-,6-,7+,8+,9-,10+,11-,12+,13-,14-,15-,16-,17+,18-/m1/s1. The van der Waals surface area contributed by atoms with Gasteiger partial charge in [0.15, 0.2) is 18.9 Å². The van der Waals surface area contributed by atoms with Crippen molar-refractivity contribution in [1.29, 1.82) is 0 Å². The Bertz CT molecular complexity index is 608. The van der Waals surface area contributed by atoms with Gasteiger partial charge < -0.3 is 81.1 Å². The van der Waals surface area contributed by atoms with Gasteiger partial charge in [-0.2, -0.15) is 0 Å². The van der Waals surface area contributed by atoms with E-state index in [0.717, 1.165) is 0 Å². The van der Waals surface area contributed by atoms with Gasteiger partial charge >= 0.3 is 0 Å². The van der Waals surface area contributed by atoms with Crippen LogP contribution in [0.15, 0.2) is 0 Å². The molecule has 3 aliphatic heterocycles. The maximum absolute atomic E-state index is 10.3. The average Bonchev–Trinajstić information content (AvgIpc) is 2.83. The normalized spacial score (nSPS) is 52.5. The van der Waals surface area contributed by atoms with Gasteiger partial charge in [-0.25, -0.2) is 0 Å². The van der Waals surface area contributed by atoms with Crippen LogP contribution in [0.3, 0.4) is 0 Å². The van der Waals surface area contributed by atoms with Crippen molar-refractivity contribution in [2.45, 2.75) is 92.0 Å². The van der Waals surface area contributed by atoms with E-state index < -0.39 is 112 Å². The molecule has 0 aliphatic carbocycles. The van der Waals surface area contributed by atoms with E-state index in [2.05, 4.69) is 0 Å². The fraction of sp³-hybridized carbons (Fsp3) is 1.00. The highest BCUT2D eigenvalue weighted by Crippen LogP contribution is 2.31. The number of hydrogen-bond donors (Lipinski definition) is 11. The summed E-state index contributed by atoms with van der Waals surface area (Å²) < 4.78 is 27.5. The highest BCUT2D eigenvalue weighted by atomic mass is 16.7. The van der Waals surface area contributed by atoms with Crippen molar-refractivity contribution >= 4 is 0 Å². The van der Waals surface area contributed by atoms with E-state index in [-0.39, 0.29) is 0 Å². The lowest BCUT2D eigenvalue weighted by atomic mass is 9.94. The Morgan fingerprint density at radius 2 is 1.03 bits per heavy atom. The lowest BCUT2D eigenvalue weighted by Gasteiger charge is -2.49. The molecule has 0 spiro atoms. The lowest BCUT2D eigenvalue weighted by molar-refractivity contribution is -0.362. The molecule has 3 saturated heterocycles. The minimum Gasteiger partial charge on any atom is -0.394 e. The Balaban J connectivity index is 1.84. The molecule has 16 nitrogen and oxygen atoms in total. The zero-order valence-electron chi connectivity index (χ0n) is 18.0. The Labute approximate surface area is 193 Å². The summed E-state index contributed by atoms with van der Waals surface area (Å²) in [5.41, 5.74) is 11.9. The summed E-state index contributed by atoms with van der Waals surface area (Å²) in [4.78, 5) is 0. The summed E-state index contributed by atoms with van der Waals surface area (Å²) in [5, 5.41) is 89.2. The van der Waals surface area contributed by atoms with Gasteiger partial charge in [-0.1, -0.05) is 0 Å². The van der Waals surface area contributed by atoms with Gasteiger partial charge in [0.05, 0.1) is 31.9 Å². The molecular formula is C18H34N2O14. The van der Waals surface area contributed by atoms with Crippen molar-refractivity contribution < 1.29 is 69.6 Å². The maximum atomic E-state index is 10.3. The smallest absolute Gasteiger partial charge is 0.187 e. The first-order valence-electron chi connectivity index (χ1n) is 10.7. The third-order valence-corrected chi connectivity index (χ3v) is 6.25. The van der Waals surface area contributed by atoms with Crippen molar-refractivity contribution in [3.63, 3.8) is 0 Å². The van der Waals surface area contributed by atoms with Crippen molar-refractivity contribution in [3.05, 3.63) is 0 Å². The molecule has 34 heavy (non-hydrogen) atoms. The predicted octanol–water partition coefficient (Wildman–Crippen LogP) is -7.64. The van der Waals surface area contributed by atoms with Crippen molar-refractivity contribution in [2.75, 3.05) is 19.8 Å². The largest absolute Gasteiger partial charge is 0.394 e. The van der Waals surface area contributed by atoms with Gasteiger partial charge in [-0.3, -0.25) is 0 Å². The zero-order chi connectivity index (χ0) is 25.3. The Kier molecular flexibility index (Phi) is 9.54. The van der Waals surface area contributed by atoms with Gasteiger partial charge in [0.25, 0.3) is 0 Å². The molecule has 0 saturated carbocycles. The lowest BCUT2D eigenvalue weighted by Crippen LogP contribution is -2.69. The van der Waals surface area contributed by atoms with Crippen LogP contribution in [0.2, 0.25) is 0 Å². The Morgan fingerprint density at radius 1 is 0.529 bits per heavy atom. The van der Waals surface area contributed by atoms with Crippen molar-refractivity contribution in [1.82, 2.24) is 0 Å². The number of aliphatic hydroxyl groups excluding tert-OH is 9. The molecule has 0 aromatic carbocycles. The van der Waals surface area contributed by atoms with E-state index in [1.807, 2.05) is 0 Å². The van der Waals surface area contributed by atoms with Gasteiger partial charge in [-0.05, 0) is 0 Å². The molecule has 3 rings (SSSR count). The molecule has 0 radical (unpaired) electrons. The first-order valence-corrected chi connectivity index (χ1v) is 10.7. The minimum atomic E-state index is -1.80. The van der Waals surface area contributed by atoms with Gasteiger partial charge in [0, 0.05) is 0 Å². The first-order chi connectivity index (χ1) is 16.0. The summed E-state index contributed by atoms with van der Waals surface area (Å²) in [5.74, 6) is 0. The number of ether oxygens (including phenoxy) is 5. The molecule has 0 unspecified atom stereocenters. The number of aliphatic hydroxyl groups is 9. The molecule has 0 amide bonds. The molecule has 3 aliphatic rings. The molecular weight excluding hydrogens is 468 g/mol. The van der Waals surface area contributed by atoms with Gasteiger partial charge in [0.2, 0.25) is 0 Å². The minimum absolute atomic E-state index is 0.682. The van der Waals surface area contributed by atoms with Crippen LogP contribution in [-0.4, -0.2) is 158 Å². The van der Waals surface area contributed by atoms with Gasteiger partial charge in [0.1, 0.15) is 61.0 Å². The number of nitrogens with two attached hydrogens (primary N) is 2. The van der Waals surface area contributed by atoms with E-state index in [1.54, 1.807) is 0 Å². The molecule has 16 heteroatoms. The van der Waals surface area contributed by atoms with Crippen LogP contribution in [0.1, 0.15) is 0 Å². The fourth-order valence-corrected chi connectivity index (χ4v) is 4.14. The van der Waals surface area contributed by atoms with E-state index in [4.69, 9.17) is 35.2 Å². The Morgan fingerprint density at radius 3 is 1.59 bits per heavy atom. The SMILES string of the molecule is N[C@@H]1[C@H](O[C@H]2[C@H](O[C@H]3O[C@H](CO)[C@H](O)[C@H](O)[C@H]3O)[C@H](N)[C@H](O)O[C@@H]2CO)O[C@H](CO)[C@@H](O)[C@@H]1O. The number of hydrogen-bond acceptors (Lipinski definition) is 16. The van der Waals surface area contributed by atoms with E-state index in [0.29, 0.717) is 0 Å². The summed E-state index contributed by atoms with van der Waals surface area (Å²) in [6, 6.07) is -2.70. The third kappa shape index (κ3) is 5.37. The fourth-order valence-electron chi connectivity index (χ4n) is 4.14. The van der Waals surface area contributed by atoms with E-state index in [9.17, 15) is 46.0 Å². The van der Waals surface area contributed by atoms with E-state index >= 15 is 0 Å². The van der Waals surface area contributed by atoms with Crippen LogP contribution in [0, 0.1) is 0 Å². The second-order valence-electron chi connectivity index (χ2n) is 8.51. The quantitative estimate of drug-likeness (QED) is 0.154. The van der Waals surface area contributed by atoms with Crippen LogP contribution in [0.5, 0.6) is 0 Å². The highest BCUT2D eigenvalue weighted by Gasteiger charge is 2.53. The van der Waals surface area contributed by atoms with E-state index in [1.165, 1.54) is 0 Å². The third-order valence-electron chi connectivity index (χ3n) is 6.25. The topological polar surface area (TPSA) is 280 Å². The van der Waals surface area contributed by atoms with Crippen LogP contribution >= 0.6 is 0 Å². The Hall–Kier alpha value is -0.640. The molecule has 3 fully saturated rings. The van der Waals surface area contributed by atoms with Crippen LogP contribution < -0.4 is 11.5 Å². The van der Waals surface area contributed by atoms with Gasteiger partial charge in [-0.15, -0.1) is 0 Å². The summed E-state index contributed by atoms with van der Waals surface area (Å²) >= 11 is 0. The molecule has 0 bridgehead atoms. The second kappa shape index (κ2) is 11.6. The molecule has 0 aromatic heterocycles. The van der Waals surface area contributed by atoms with Crippen LogP contribution in [0.4, 0.5) is 0 Å². The van der Waals surface area contributed by atoms with Crippen molar-refractivity contribution in [2.24, 2.45) is 11.5 Å².